The molecule has 0 fully saturated rings. The van der Waals surface area contributed by atoms with Crippen molar-refractivity contribution in [2.45, 2.75) is 23.1 Å². The summed E-state index contributed by atoms with van der Waals surface area (Å²) >= 11 is 1.74. The van der Waals surface area contributed by atoms with Crippen molar-refractivity contribution in [3.63, 3.8) is 0 Å². The maximum atomic E-state index is 12.3. The summed E-state index contributed by atoms with van der Waals surface area (Å²) in [6.07, 6.45) is 0.832. The molecule has 25 heavy (non-hydrogen) atoms. The van der Waals surface area contributed by atoms with Crippen molar-refractivity contribution in [2.75, 3.05) is 19.3 Å². The fourth-order valence-corrected chi connectivity index (χ4v) is 3.84. The molecule has 0 aliphatic carbocycles. The molecular weight excluding hydrogens is 356 g/mol. The number of sulfonamides is 1. The first-order valence-electron chi connectivity index (χ1n) is 7.94. The van der Waals surface area contributed by atoms with E-state index >= 15 is 0 Å². The molecular formula is C18H22N2O3S2. The molecule has 0 saturated carbocycles. The van der Waals surface area contributed by atoms with Gasteiger partial charge < -0.3 is 5.32 Å². The van der Waals surface area contributed by atoms with Crippen molar-refractivity contribution >= 4 is 27.7 Å². The average molecular weight is 379 g/mol. The summed E-state index contributed by atoms with van der Waals surface area (Å²) in [4.78, 5) is 13.6. The van der Waals surface area contributed by atoms with Gasteiger partial charge in [-0.3, -0.25) is 4.79 Å². The van der Waals surface area contributed by atoms with Crippen LogP contribution in [0.15, 0.2) is 58.3 Å². The Morgan fingerprint density at radius 1 is 1.12 bits per heavy atom. The quantitative estimate of drug-likeness (QED) is 0.547. The monoisotopic (exact) mass is 378 g/mol. The van der Waals surface area contributed by atoms with Gasteiger partial charge in [-0.05, 0) is 56.0 Å². The van der Waals surface area contributed by atoms with Crippen molar-refractivity contribution in [1.29, 1.82) is 0 Å². The summed E-state index contributed by atoms with van der Waals surface area (Å²) in [5.74, 6) is 0.646. The van der Waals surface area contributed by atoms with Gasteiger partial charge >= 0.3 is 0 Å². The highest BCUT2D eigenvalue weighted by Crippen LogP contribution is 2.18. The fourth-order valence-electron chi connectivity index (χ4n) is 2.21. The topological polar surface area (TPSA) is 75.3 Å². The summed E-state index contributed by atoms with van der Waals surface area (Å²) < 4.78 is 26.0. The maximum Gasteiger partial charge on any atom is 0.251 e. The highest BCUT2D eigenvalue weighted by Gasteiger charge is 2.16. The number of carbonyl (C=O) groups is 1. The van der Waals surface area contributed by atoms with Crippen LogP contribution in [-0.4, -0.2) is 33.7 Å². The third-order valence-electron chi connectivity index (χ3n) is 3.65. The number of aryl methyl sites for hydroxylation is 1. The minimum atomic E-state index is -3.56. The number of nitrogens with one attached hydrogen (secondary N) is 2. The highest BCUT2D eigenvalue weighted by molar-refractivity contribution is 7.99. The molecule has 2 aromatic rings. The van der Waals surface area contributed by atoms with Gasteiger partial charge in [0.25, 0.3) is 5.91 Å². The Hall–Kier alpha value is -1.83. The van der Waals surface area contributed by atoms with E-state index in [0.717, 1.165) is 17.7 Å². The zero-order valence-corrected chi connectivity index (χ0v) is 15.9. The van der Waals surface area contributed by atoms with Crippen LogP contribution in [0.25, 0.3) is 0 Å². The van der Waals surface area contributed by atoms with Gasteiger partial charge in [0.05, 0.1) is 4.90 Å². The molecule has 0 spiro atoms. The second-order valence-electron chi connectivity index (χ2n) is 5.46. The summed E-state index contributed by atoms with van der Waals surface area (Å²) in [5.41, 5.74) is 1.12. The van der Waals surface area contributed by atoms with Crippen molar-refractivity contribution in [1.82, 2.24) is 10.0 Å². The Bertz CT molecular complexity index is 821. The molecule has 0 radical (unpaired) electrons. The van der Waals surface area contributed by atoms with E-state index in [0.29, 0.717) is 12.1 Å². The Balaban J connectivity index is 1.89. The van der Waals surface area contributed by atoms with E-state index in [4.69, 9.17) is 0 Å². The standard InChI is InChI=1S/C18H22N2O3S2/c1-14-9-10-16(25(22,23)19-2)13-17(14)18(21)20-11-6-12-24-15-7-4-3-5-8-15/h3-5,7-10,13,19H,6,11-12H2,1-2H3,(H,20,21). The molecule has 2 rings (SSSR count). The third kappa shape index (κ3) is 5.59. The predicted octanol–water partition coefficient (Wildman–Crippen LogP) is 2.82. The van der Waals surface area contributed by atoms with Crippen LogP contribution in [0.2, 0.25) is 0 Å². The lowest BCUT2D eigenvalue weighted by Crippen LogP contribution is -2.26. The second kappa shape index (κ2) is 9.03. The van der Waals surface area contributed by atoms with Crippen LogP contribution in [0.3, 0.4) is 0 Å². The van der Waals surface area contributed by atoms with Crippen LogP contribution in [0.4, 0.5) is 0 Å². The van der Waals surface area contributed by atoms with Crippen LogP contribution in [0, 0.1) is 6.92 Å². The van der Waals surface area contributed by atoms with E-state index < -0.39 is 10.0 Å². The van der Waals surface area contributed by atoms with Crippen LogP contribution in [0.5, 0.6) is 0 Å². The molecule has 0 aromatic heterocycles. The smallest absolute Gasteiger partial charge is 0.251 e. The zero-order valence-electron chi connectivity index (χ0n) is 14.3. The van der Waals surface area contributed by atoms with Gasteiger partial charge in [0, 0.05) is 17.0 Å². The molecule has 7 heteroatoms. The largest absolute Gasteiger partial charge is 0.352 e. The van der Waals surface area contributed by atoms with E-state index in [9.17, 15) is 13.2 Å². The first-order valence-corrected chi connectivity index (χ1v) is 10.4. The molecule has 0 heterocycles. The van der Waals surface area contributed by atoms with Gasteiger partial charge in [-0.25, -0.2) is 13.1 Å². The normalized spacial score (nSPS) is 11.3. The Morgan fingerprint density at radius 2 is 1.84 bits per heavy atom. The second-order valence-corrected chi connectivity index (χ2v) is 8.51. The van der Waals surface area contributed by atoms with Crippen molar-refractivity contribution in [3.8, 4) is 0 Å². The van der Waals surface area contributed by atoms with Gasteiger partial charge in [-0.2, -0.15) is 0 Å². The SMILES string of the molecule is CNS(=O)(=O)c1ccc(C)c(C(=O)NCCCSc2ccccc2)c1. The number of amides is 1. The highest BCUT2D eigenvalue weighted by atomic mass is 32.2. The van der Waals surface area contributed by atoms with Crippen LogP contribution in [0.1, 0.15) is 22.3 Å². The molecule has 0 aliphatic heterocycles. The Labute approximate surface area is 153 Å². The zero-order chi connectivity index (χ0) is 18.3. The first-order chi connectivity index (χ1) is 11.9. The molecule has 0 bridgehead atoms. The minimum absolute atomic E-state index is 0.0883. The van der Waals surface area contributed by atoms with Crippen LogP contribution >= 0.6 is 11.8 Å². The molecule has 1 amide bonds. The number of thioether (sulfide) groups is 1. The van der Waals surface area contributed by atoms with Gasteiger partial charge in [0.2, 0.25) is 10.0 Å². The maximum absolute atomic E-state index is 12.3. The van der Waals surface area contributed by atoms with Crippen LogP contribution < -0.4 is 10.0 Å². The van der Waals surface area contributed by atoms with Crippen molar-refractivity contribution in [3.05, 3.63) is 59.7 Å². The summed E-state index contributed by atoms with van der Waals surface area (Å²) in [7, 11) is -2.22. The Morgan fingerprint density at radius 3 is 2.52 bits per heavy atom. The van der Waals surface area contributed by atoms with E-state index in [-0.39, 0.29) is 10.8 Å². The molecule has 0 aliphatic rings. The number of benzene rings is 2. The lowest BCUT2D eigenvalue weighted by Gasteiger charge is -2.10. The number of hydrogen-bond donors (Lipinski definition) is 2. The van der Waals surface area contributed by atoms with E-state index in [1.807, 2.05) is 18.2 Å². The average Bonchev–Trinajstić information content (AvgIpc) is 2.62. The molecule has 5 nitrogen and oxygen atoms in total. The van der Waals surface area contributed by atoms with E-state index in [1.54, 1.807) is 24.8 Å². The number of carbonyl (C=O) groups excluding carboxylic acids is 1. The van der Waals surface area contributed by atoms with Crippen molar-refractivity contribution in [2.24, 2.45) is 0 Å². The van der Waals surface area contributed by atoms with Gasteiger partial charge in [-0.15, -0.1) is 11.8 Å². The lowest BCUT2D eigenvalue weighted by molar-refractivity contribution is 0.0953. The van der Waals surface area contributed by atoms with Gasteiger partial charge in [0.15, 0.2) is 0 Å². The third-order valence-corrected chi connectivity index (χ3v) is 6.16. The molecule has 2 aromatic carbocycles. The Kier molecular flexibility index (Phi) is 7.04. The van der Waals surface area contributed by atoms with Crippen molar-refractivity contribution < 1.29 is 13.2 Å². The van der Waals surface area contributed by atoms with Crippen LogP contribution in [-0.2, 0) is 10.0 Å². The van der Waals surface area contributed by atoms with Gasteiger partial charge in [0.1, 0.15) is 0 Å². The summed E-state index contributed by atoms with van der Waals surface area (Å²) in [6.45, 7) is 2.33. The van der Waals surface area contributed by atoms with E-state index in [1.165, 1.54) is 24.1 Å². The molecule has 0 unspecified atom stereocenters. The van der Waals surface area contributed by atoms with E-state index in [2.05, 4.69) is 22.2 Å². The molecule has 134 valence electrons. The summed E-state index contributed by atoms with van der Waals surface area (Å²) in [6, 6.07) is 14.6. The number of hydrogen-bond acceptors (Lipinski definition) is 4. The predicted molar refractivity (Wildman–Crippen MR) is 102 cm³/mol. The molecule has 0 saturated heterocycles. The lowest BCUT2D eigenvalue weighted by atomic mass is 10.1. The van der Waals surface area contributed by atoms with Gasteiger partial charge in [-0.1, -0.05) is 24.3 Å². The molecule has 0 atom stereocenters. The number of rotatable bonds is 8. The fraction of sp³-hybridized carbons (Fsp3) is 0.278. The first kappa shape index (κ1) is 19.5. The summed E-state index contributed by atoms with van der Waals surface area (Å²) in [5, 5.41) is 2.86. The molecule has 2 N–H and O–H groups in total. The minimum Gasteiger partial charge on any atom is -0.352 e.